The summed E-state index contributed by atoms with van der Waals surface area (Å²) >= 11 is 0. The lowest BCUT2D eigenvalue weighted by Crippen LogP contribution is -2.00. The van der Waals surface area contributed by atoms with Gasteiger partial charge in [0.2, 0.25) is 0 Å². The van der Waals surface area contributed by atoms with E-state index in [-0.39, 0.29) is 0 Å². The predicted molar refractivity (Wildman–Crippen MR) is 77.8 cm³/mol. The van der Waals surface area contributed by atoms with E-state index in [0.29, 0.717) is 0 Å². The summed E-state index contributed by atoms with van der Waals surface area (Å²) in [6.45, 7) is 0. The molecule has 0 aliphatic carbocycles. The maximum atomic E-state index is 6.02. The minimum absolute atomic E-state index is 0.733. The van der Waals surface area contributed by atoms with Crippen LogP contribution in [0.1, 0.15) is 0 Å². The predicted octanol–water partition coefficient (Wildman–Crippen LogP) is 2.70. The Kier molecular flexibility index (Phi) is 2.68. The molecular formula is C15H14N4. The lowest BCUT2D eigenvalue weighted by atomic mass is 10.1. The molecule has 94 valence electrons. The fraction of sp³-hybridized carbons (Fsp3) is 0. The highest BCUT2D eigenvalue weighted by atomic mass is 15.3. The van der Waals surface area contributed by atoms with Gasteiger partial charge in [-0.3, -0.25) is 0 Å². The number of hydrogen-bond acceptors (Lipinski definition) is 3. The van der Waals surface area contributed by atoms with Crippen LogP contribution in [-0.2, 0) is 0 Å². The van der Waals surface area contributed by atoms with Crippen molar-refractivity contribution in [2.24, 2.45) is 0 Å². The van der Waals surface area contributed by atoms with Gasteiger partial charge in [0.25, 0.3) is 0 Å². The molecule has 0 atom stereocenters. The first kappa shape index (κ1) is 11.3. The van der Waals surface area contributed by atoms with E-state index in [9.17, 15) is 0 Å². The van der Waals surface area contributed by atoms with Crippen LogP contribution in [0.3, 0.4) is 0 Å². The van der Waals surface area contributed by atoms with Crippen LogP contribution < -0.4 is 11.5 Å². The molecule has 0 radical (unpaired) electrons. The molecule has 0 amide bonds. The molecule has 1 heterocycles. The van der Waals surface area contributed by atoms with Crippen molar-refractivity contribution in [2.75, 3.05) is 11.5 Å². The van der Waals surface area contributed by atoms with Gasteiger partial charge in [0.15, 0.2) is 0 Å². The first-order valence-corrected chi connectivity index (χ1v) is 6.00. The number of anilines is 2. The topological polar surface area (TPSA) is 69.9 Å². The molecule has 4 heteroatoms. The number of nitrogens with two attached hydrogens (primary N) is 2. The van der Waals surface area contributed by atoms with E-state index >= 15 is 0 Å². The largest absolute Gasteiger partial charge is 0.399 e. The maximum absolute atomic E-state index is 6.02. The molecule has 2 aromatic carbocycles. The summed E-state index contributed by atoms with van der Waals surface area (Å²) in [6.07, 6.45) is 1.76. The van der Waals surface area contributed by atoms with Gasteiger partial charge >= 0.3 is 0 Å². The Morgan fingerprint density at radius 3 is 2.32 bits per heavy atom. The summed E-state index contributed by atoms with van der Waals surface area (Å²) in [5, 5.41) is 4.35. The average molecular weight is 250 g/mol. The van der Waals surface area contributed by atoms with Crippen LogP contribution in [-0.4, -0.2) is 9.78 Å². The van der Waals surface area contributed by atoms with Crippen LogP contribution in [0.4, 0.5) is 11.4 Å². The Hall–Kier alpha value is -2.75. The third-order valence-electron chi connectivity index (χ3n) is 3.02. The van der Waals surface area contributed by atoms with Crippen molar-refractivity contribution in [3.63, 3.8) is 0 Å². The third-order valence-corrected chi connectivity index (χ3v) is 3.02. The van der Waals surface area contributed by atoms with Crippen molar-refractivity contribution >= 4 is 11.4 Å². The van der Waals surface area contributed by atoms with Gasteiger partial charge in [0, 0.05) is 16.9 Å². The molecule has 4 N–H and O–H groups in total. The van der Waals surface area contributed by atoms with Crippen LogP contribution in [0.25, 0.3) is 16.9 Å². The maximum Gasteiger partial charge on any atom is 0.0761 e. The summed E-state index contributed by atoms with van der Waals surface area (Å²) < 4.78 is 1.85. The van der Waals surface area contributed by atoms with Gasteiger partial charge in [0.1, 0.15) is 0 Å². The van der Waals surface area contributed by atoms with Gasteiger partial charge < -0.3 is 11.5 Å². The molecule has 0 saturated carbocycles. The normalized spacial score (nSPS) is 10.5. The second-order valence-electron chi connectivity index (χ2n) is 4.31. The second-order valence-corrected chi connectivity index (χ2v) is 4.31. The molecule has 0 fully saturated rings. The number of nitrogens with zero attached hydrogens (tertiary/aromatic N) is 2. The number of benzene rings is 2. The summed E-state index contributed by atoms with van der Waals surface area (Å²) in [5.74, 6) is 0. The fourth-order valence-electron chi connectivity index (χ4n) is 2.06. The molecule has 0 bridgehead atoms. The SMILES string of the molecule is Nc1ccc(-n2nccc2-c2ccccc2N)cc1. The Morgan fingerprint density at radius 2 is 1.58 bits per heavy atom. The van der Waals surface area contributed by atoms with Crippen LogP contribution in [0, 0.1) is 0 Å². The molecule has 0 spiro atoms. The van der Waals surface area contributed by atoms with Crippen LogP contribution in [0.5, 0.6) is 0 Å². The Bertz CT molecular complexity index is 698. The van der Waals surface area contributed by atoms with E-state index < -0.39 is 0 Å². The quantitative estimate of drug-likeness (QED) is 0.687. The Balaban J connectivity index is 2.13. The van der Waals surface area contributed by atoms with Gasteiger partial charge in [-0.1, -0.05) is 18.2 Å². The molecule has 0 unspecified atom stereocenters. The van der Waals surface area contributed by atoms with E-state index in [1.807, 2.05) is 59.3 Å². The second kappa shape index (κ2) is 4.49. The lowest BCUT2D eigenvalue weighted by molar-refractivity contribution is 0.888. The number of hydrogen-bond donors (Lipinski definition) is 2. The first-order valence-electron chi connectivity index (χ1n) is 6.00. The van der Waals surface area contributed by atoms with E-state index in [0.717, 1.165) is 28.3 Å². The zero-order valence-electron chi connectivity index (χ0n) is 10.3. The summed E-state index contributed by atoms with van der Waals surface area (Å²) in [7, 11) is 0. The number of para-hydroxylation sites is 1. The summed E-state index contributed by atoms with van der Waals surface area (Å²) in [5.41, 5.74) is 16.1. The van der Waals surface area contributed by atoms with Crippen LogP contribution >= 0.6 is 0 Å². The van der Waals surface area contributed by atoms with E-state index in [1.54, 1.807) is 6.20 Å². The highest BCUT2D eigenvalue weighted by molar-refractivity contribution is 5.74. The smallest absolute Gasteiger partial charge is 0.0761 e. The van der Waals surface area contributed by atoms with E-state index in [1.165, 1.54) is 0 Å². The average Bonchev–Trinajstić information content (AvgIpc) is 2.89. The molecule has 3 rings (SSSR count). The zero-order valence-corrected chi connectivity index (χ0v) is 10.3. The Labute approximate surface area is 111 Å². The standard InChI is InChI=1S/C15H14N4/c16-11-5-7-12(8-6-11)19-15(9-10-18-19)13-3-1-2-4-14(13)17/h1-10H,16-17H2. The Morgan fingerprint density at radius 1 is 0.842 bits per heavy atom. The number of rotatable bonds is 2. The molecular weight excluding hydrogens is 236 g/mol. The van der Waals surface area contributed by atoms with Crippen LogP contribution in [0.2, 0.25) is 0 Å². The van der Waals surface area contributed by atoms with Gasteiger partial charge in [-0.25, -0.2) is 4.68 Å². The van der Waals surface area contributed by atoms with Crippen molar-refractivity contribution in [3.8, 4) is 16.9 Å². The first-order chi connectivity index (χ1) is 9.25. The summed E-state index contributed by atoms with van der Waals surface area (Å²) in [4.78, 5) is 0. The zero-order chi connectivity index (χ0) is 13.2. The highest BCUT2D eigenvalue weighted by Gasteiger charge is 2.09. The number of aromatic nitrogens is 2. The molecule has 0 aliphatic heterocycles. The highest BCUT2D eigenvalue weighted by Crippen LogP contribution is 2.27. The minimum atomic E-state index is 0.733. The molecule has 19 heavy (non-hydrogen) atoms. The van der Waals surface area contributed by atoms with Gasteiger partial charge in [-0.05, 0) is 36.4 Å². The van der Waals surface area contributed by atoms with Gasteiger partial charge in [-0.2, -0.15) is 5.10 Å². The van der Waals surface area contributed by atoms with Gasteiger partial charge in [0.05, 0.1) is 17.6 Å². The number of nitrogen functional groups attached to an aromatic ring is 2. The van der Waals surface area contributed by atoms with Gasteiger partial charge in [-0.15, -0.1) is 0 Å². The van der Waals surface area contributed by atoms with E-state index in [2.05, 4.69) is 5.10 Å². The van der Waals surface area contributed by atoms with Crippen molar-refractivity contribution in [3.05, 3.63) is 60.8 Å². The fourth-order valence-corrected chi connectivity index (χ4v) is 2.06. The lowest BCUT2D eigenvalue weighted by Gasteiger charge is -2.09. The van der Waals surface area contributed by atoms with Crippen molar-refractivity contribution in [1.82, 2.24) is 9.78 Å². The third kappa shape index (κ3) is 2.04. The van der Waals surface area contributed by atoms with Crippen molar-refractivity contribution in [2.45, 2.75) is 0 Å². The van der Waals surface area contributed by atoms with E-state index in [4.69, 9.17) is 11.5 Å². The van der Waals surface area contributed by atoms with Crippen molar-refractivity contribution < 1.29 is 0 Å². The molecule has 0 aliphatic rings. The summed E-state index contributed by atoms with van der Waals surface area (Å²) in [6, 6.07) is 17.3. The molecule has 4 nitrogen and oxygen atoms in total. The monoisotopic (exact) mass is 250 g/mol. The molecule has 0 saturated heterocycles. The molecule has 3 aromatic rings. The minimum Gasteiger partial charge on any atom is -0.399 e. The molecule has 1 aromatic heterocycles. The van der Waals surface area contributed by atoms with Crippen LogP contribution in [0.15, 0.2) is 60.8 Å². The van der Waals surface area contributed by atoms with Crippen molar-refractivity contribution in [1.29, 1.82) is 0 Å².